The smallest absolute Gasteiger partial charge is 0.245 e. The minimum atomic E-state index is -0.623. The van der Waals surface area contributed by atoms with Crippen molar-refractivity contribution in [3.05, 3.63) is 0 Å². The summed E-state index contributed by atoms with van der Waals surface area (Å²) in [6.07, 6.45) is 0.258. The molecule has 7 nitrogen and oxygen atoms in total. The molecule has 0 saturated heterocycles. The Kier molecular flexibility index (Phi) is 7.03. The van der Waals surface area contributed by atoms with Crippen LogP contribution in [0.4, 0.5) is 0 Å². The van der Waals surface area contributed by atoms with Crippen molar-refractivity contribution < 1.29 is 14.4 Å². The Morgan fingerprint density at radius 2 is 2.21 bits per heavy atom. The second kappa shape index (κ2) is 7.97. The van der Waals surface area contributed by atoms with Gasteiger partial charge in [-0.15, -0.1) is 0 Å². The molecule has 0 aromatic carbocycles. The molecule has 2 amide bonds. The highest BCUT2D eigenvalue weighted by Gasteiger charge is 1.99. The predicted octanol–water partition coefficient (Wildman–Crippen LogP) is -1.98. The quantitative estimate of drug-likeness (QED) is 0.325. The molecule has 4 N–H and O–H groups in total. The van der Waals surface area contributed by atoms with Gasteiger partial charge in [-0.1, -0.05) is 0 Å². The zero-order chi connectivity index (χ0) is 10.8. The minimum Gasteiger partial charge on any atom is -0.368 e. The summed E-state index contributed by atoms with van der Waals surface area (Å²) in [4.78, 5) is 25.6. The number of nitrogens with one attached hydrogen (secondary N) is 2. The number of primary amides is 1. The van der Waals surface area contributed by atoms with Gasteiger partial charge in [-0.05, 0) is 0 Å². The summed E-state index contributed by atoms with van der Waals surface area (Å²) in [6, 6.07) is 1.88. The van der Waals surface area contributed by atoms with Gasteiger partial charge in [0, 0.05) is 6.54 Å². The van der Waals surface area contributed by atoms with Crippen LogP contribution in [0, 0.1) is 11.3 Å². The van der Waals surface area contributed by atoms with Gasteiger partial charge < -0.3 is 11.1 Å². The van der Waals surface area contributed by atoms with Crippen LogP contribution in [0.25, 0.3) is 0 Å². The molecule has 0 fully saturated rings. The molecule has 0 rings (SSSR count). The van der Waals surface area contributed by atoms with Crippen LogP contribution in [-0.4, -0.2) is 31.5 Å². The maximum Gasteiger partial charge on any atom is 0.245 e. The monoisotopic (exact) mass is 200 g/mol. The Bertz CT molecular complexity index is 236. The van der Waals surface area contributed by atoms with Crippen LogP contribution in [0.1, 0.15) is 6.42 Å². The molecular formula is C7H12N4O3. The van der Waals surface area contributed by atoms with Gasteiger partial charge in [-0.25, -0.2) is 0 Å². The van der Waals surface area contributed by atoms with Crippen molar-refractivity contribution in [1.82, 2.24) is 10.8 Å². The molecule has 0 aromatic rings. The van der Waals surface area contributed by atoms with Gasteiger partial charge in [0.15, 0.2) is 0 Å². The average Bonchev–Trinajstić information content (AvgIpc) is 2.13. The first-order chi connectivity index (χ1) is 6.66. The van der Waals surface area contributed by atoms with E-state index in [9.17, 15) is 9.59 Å². The Morgan fingerprint density at radius 1 is 1.50 bits per heavy atom. The molecule has 0 heterocycles. The zero-order valence-electron chi connectivity index (χ0n) is 7.58. The van der Waals surface area contributed by atoms with Crippen molar-refractivity contribution in [2.75, 3.05) is 19.7 Å². The second-order valence-electron chi connectivity index (χ2n) is 2.33. The molecule has 0 aromatic heterocycles. The minimum absolute atomic E-state index is 0.0846. The third-order valence-electron chi connectivity index (χ3n) is 1.11. The number of hydroxylamine groups is 1. The third-order valence-corrected chi connectivity index (χ3v) is 1.11. The van der Waals surface area contributed by atoms with Crippen LogP contribution in [-0.2, 0) is 14.4 Å². The van der Waals surface area contributed by atoms with Crippen LogP contribution < -0.4 is 16.5 Å². The summed E-state index contributed by atoms with van der Waals surface area (Å²) in [5.74, 6) is -0.938. The molecule has 0 aliphatic heterocycles. The number of nitriles is 1. The van der Waals surface area contributed by atoms with E-state index < -0.39 is 5.91 Å². The summed E-state index contributed by atoms with van der Waals surface area (Å²) in [5, 5.41) is 10.6. The molecule has 14 heavy (non-hydrogen) atoms. The molecule has 0 spiro atoms. The summed E-state index contributed by atoms with van der Waals surface area (Å²) < 4.78 is 0. The Morgan fingerprint density at radius 3 is 2.79 bits per heavy atom. The van der Waals surface area contributed by atoms with Crippen molar-refractivity contribution in [3.63, 3.8) is 0 Å². The summed E-state index contributed by atoms with van der Waals surface area (Å²) in [6.45, 7) is -0.0724. The number of hydrogen-bond donors (Lipinski definition) is 3. The van der Waals surface area contributed by atoms with Crippen molar-refractivity contribution in [2.45, 2.75) is 6.42 Å². The highest BCUT2D eigenvalue weighted by molar-refractivity contribution is 5.78. The number of carbonyl (C=O) groups is 2. The summed E-state index contributed by atoms with van der Waals surface area (Å²) in [7, 11) is 0. The maximum atomic E-state index is 10.9. The number of carbonyl (C=O) groups excluding carboxylic acids is 2. The highest BCUT2D eigenvalue weighted by Crippen LogP contribution is 1.72. The SMILES string of the molecule is N#CCCNC(=O)CNOCC(N)=O. The van der Waals surface area contributed by atoms with Gasteiger partial charge in [-0.2, -0.15) is 10.7 Å². The topological polar surface area (TPSA) is 117 Å². The van der Waals surface area contributed by atoms with Crippen molar-refractivity contribution in [1.29, 1.82) is 5.26 Å². The lowest BCUT2D eigenvalue weighted by molar-refractivity contribution is -0.129. The molecule has 0 radical (unpaired) electrons. The van der Waals surface area contributed by atoms with Gasteiger partial charge >= 0.3 is 0 Å². The van der Waals surface area contributed by atoms with Crippen molar-refractivity contribution in [2.24, 2.45) is 5.73 Å². The molecule has 0 saturated carbocycles. The number of nitrogens with zero attached hydrogens (tertiary/aromatic N) is 1. The number of amides is 2. The van der Waals surface area contributed by atoms with Gasteiger partial charge in [0.2, 0.25) is 11.8 Å². The number of nitrogens with two attached hydrogens (primary N) is 1. The van der Waals surface area contributed by atoms with E-state index in [1.165, 1.54) is 0 Å². The van der Waals surface area contributed by atoms with Gasteiger partial charge in [-0.3, -0.25) is 14.4 Å². The Balaban J connectivity index is 3.28. The van der Waals surface area contributed by atoms with E-state index >= 15 is 0 Å². The van der Waals surface area contributed by atoms with E-state index in [0.29, 0.717) is 6.54 Å². The van der Waals surface area contributed by atoms with Gasteiger partial charge in [0.1, 0.15) is 6.61 Å². The second-order valence-corrected chi connectivity index (χ2v) is 2.33. The lowest BCUT2D eigenvalue weighted by Gasteiger charge is -2.04. The molecule has 0 atom stereocenters. The fourth-order valence-electron chi connectivity index (χ4n) is 0.559. The molecule has 0 unspecified atom stereocenters. The van der Waals surface area contributed by atoms with Crippen molar-refractivity contribution in [3.8, 4) is 6.07 Å². The third kappa shape index (κ3) is 8.45. The normalized spacial score (nSPS) is 9.07. The molecule has 78 valence electrons. The van der Waals surface area contributed by atoms with Crippen molar-refractivity contribution >= 4 is 11.8 Å². The fourth-order valence-corrected chi connectivity index (χ4v) is 0.559. The first-order valence-corrected chi connectivity index (χ1v) is 3.93. The molecule has 7 heteroatoms. The summed E-state index contributed by atoms with van der Waals surface area (Å²) >= 11 is 0. The fraction of sp³-hybridized carbons (Fsp3) is 0.571. The highest BCUT2D eigenvalue weighted by atomic mass is 16.6. The number of hydrogen-bond acceptors (Lipinski definition) is 5. The zero-order valence-corrected chi connectivity index (χ0v) is 7.58. The lowest BCUT2D eigenvalue weighted by atomic mass is 10.4. The average molecular weight is 200 g/mol. The van der Waals surface area contributed by atoms with Crippen LogP contribution in [0.2, 0.25) is 0 Å². The van der Waals surface area contributed by atoms with E-state index in [-0.39, 0.29) is 25.5 Å². The lowest BCUT2D eigenvalue weighted by Crippen LogP contribution is -2.35. The molecule has 0 aliphatic carbocycles. The van der Waals surface area contributed by atoms with Gasteiger partial charge in [0.05, 0.1) is 19.0 Å². The van der Waals surface area contributed by atoms with E-state index in [1.807, 2.05) is 6.07 Å². The first-order valence-electron chi connectivity index (χ1n) is 3.93. The van der Waals surface area contributed by atoms with Crippen LogP contribution in [0.5, 0.6) is 0 Å². The first kappa shape index (κ1) is 12.3. The Hall–Kier alpha value is -1.65. The van der Waals surface area contributed by atoms with E-state index in [4.69, 9.17) is 11.0 Å². The maximum absolute atomic E-state index is 10.9. The van der Waals surface area contributed by atoms with E-state index in [2.05, 4.69) is 15.6 Å². The largest absolute Gasteiger partial charge is 0.368 e. The van der Waals surface area contributed by atoms with Gasteiger partial charge in [0.25, 0.3) is 0 Å². The Labute approximate surface area is 81.2 Å². The number of rotatable bonds is 7. The standard InChI is InChI=1S/C7H12N4O3/c8-2-1-3-10-7(13)4-11-14-5-6(9)12/h11H,1,3-5H2,(H2,9,12)(H,10,13). The van der Waals surface area contributed by atoms with Crippen LogP contribution in [0.15, 0.2) is 0 Å². The summed E-state index contributed by atoms with van der Waals surface area (Å²) in [5.41, 5.74) is 7.01. The van der Waals surface area contributed by atoms with Crippen LogP contribution >= 0.6 is 0 Å². The molecular weight excluding hydrogens is 188 g/mol. The van der Waals surface area contributed by atoms with E-state index in [0.717, 1.165) is 0 Å². The van der Waals surface area contributed by atoms with E-state index in [1.54, 1.807) is 0 Å². The molecule has 0 aliphatic rings. The predicted molar refractivity (Wildman–Crippen MR) is 46.4 cm³/mol. The van der Waals surface area contributed by atoms with Crippen LogP contribution in [0.3, 0.4) is 0 Å². The molecule has 0 bridgehead atoms.